The van der Waals surface area contributed by atoms with Crippen LogP contribution in [0.2, 0.25) is 5.02 Å². The first-order valence-corrected chi connectivity index (χ1v) is 21.4. The second-order valence-electron chi connectivity index (χ2n) is 14.5. The summed E-state index contributed by atoms with van der Waals surface area (Å²) in [5.74, 6) is 1.45. The summed E-state index contributed by atoms with van der Waals surface area (Å²) in [6, 6.07) is 19.3. The smallest absolute Gasteiger partial charge is 0.325 e. The number of aryl methyl sites for hydroxylation is 2. The zero-order chi connectivity index (χ0) is 41.2. The van der Waals surface area contributed by atoms with E-state index >= 15 is 0 Å². The van der Waals surface area contributed by atoms with Crippen molar-refractivity contribution in [2.45, 2.75) is 39.7 Å². The second kappa shape index (κ2) is 17.4. The minimum Gasteiger partial charge on any atom is -0.492 e. The van der Waals surface area contributed by atoms with Crippen LogP contribution in [-0.2, 0) is 25.5 Å². The number of thiazole rings is 1. The van der Waals surface area contributed by atoms with Crippen molar-refractivity contribution < 1.29 is 23.9 Å². The van der Waals surface area contributed by atoms with E-state index in [1.807, 2.05) is 71.8 Å². The van der Waals surface area contributed by atoms with Crippen molar-refractivity contribution in [2.75, 3.05) is 53.0 Å². The number of ether oxygens (including phenoxy) is 2. The Morgan fingerprint density at radius 3 is 2.53 bits per heavy atom. The van der Waals surface area contributed by atoms with Gasteiger partial charge in [-0.25, -0.2) is 4.98 Å². The van der Waals surface area contributed by atoms with Gasteiger partial charge in [-0.3, -0.25) is 28.8 Å². The maximum atomic E-state index is 14.0. The Labute approximate surface area is 354 Å². The average Bonchev–Trinajstić information content (AvgIpc) is 3.93. The van der Waals surface area contributed by atoms with Gasteiger partial charge in [0, 0.05) is 70.1 Å². The van der Waals surface area contributed by atoms with Crippen LogP contribution in [0.4, 0.5) is 0 Å². The fourth-order valence-electron chi connectivity index (χ4n) is 7.43. The molecule has 2 aliphatic heterocycles. The van der Waals surface area contributed by atoms with E-state index in [4.69, 9.17) is 21.3 Å². The number of carbonyl (C=O) groups is 3. The lowest BCUT2D eigenvalue weighted by Crippen LogP contribution is -2.49. The molecule has 0 bridgehead atoms. The molecule has 0 aliphatic carbocycles. The fraction of sp³-hybridized carbons (Fsp3) is 0.326. The summed E-state index contributed by atoms with van der Waals surface area (Å²) in [4.78, 5) is 53.0. The van der Waals surface area contributed by atoms with Crippen molar-refractivity contribution in [3.63, 3.8) is 0 Å². The summed E-state index contributed by atoms with van der Waals surface area (Å²) in [5.41, 5.74) is 5.52. The Morgan fingerprint density at radius 2 is 1.75 bits per heavy atom. The van der Waals surface area contributed by atoms with Gasteiger partial charge in [0.2, 0.25) is 11.8 Å². The zero-order valence-electron chi connectivity index (χ0n) is 33.2. The molecule has 1 saturated heterocycles. The number of piperazine rings is 1. The molecule has 2 aliphatic rings. The van der Waals surface area contributed by atoms with Gasteiger partial charge in [0.25, 0.3) is 0 Å². The van der Waals surface area contributed by atoms with Gasteiger partial charge in [-0.2, -0.15) is 0 Å². The first kappa shape index (κ1) is 40.3. The van der Waals surface area contributed by atoms with E-state index in [1.54, 1.807) is 11.3 Å². The van der Waals surface area contributed by atoms with Crippen LogP contribution in [0.15, 0.2) is 71.0 Å². The normalized spacial score (nSPS) is 15.3. The molecule has 0 unspecified atom stereocenters. The lowest BCUT2D eigenvalue weighted by molar-refractivity contribution is -0.141. The molecule has 1 N–H and O–H groups in total. The van der Waals surface area contributed by atoms with Crippen LogP contribution in [0.1, 0.15) is 51.4 Å². The number of thiophene rings is 1. The first-order chi connectivity index (χ1) is 28.6. The minimum atomic E-state index is -0.509. The van der Waals surface area contributed by atoms with Crippen LogP contribution in [0.25, 0.3) is 26.3 Å². The van der Waals surface area contributed by atoms with Crippen molar-refractivity contribution in [3.05, 3.63) is 110 Å². The number of carbonyl (C=O) groups excluding carboxylic acids is 3. The Kier molecular flexibility index (Phi) is 11.9. The number of aromatic nitrogens is 4. The molecule has 8 rings (SSSR count). The number of fused-ring (bicyclic) bond motifs is 4. The van der Waals surface area contributed by atoms with Crippen molar-refractivity contribution >= 4 is 68.5 Å². The number of esters is 1. The maximum absolute atomic E-state index is 14.0. The SMILES string of the molecule is COC(=O)CNC(=O)Cc1csc(-c2ccc3cccc(OCCN4CCN(C(=O)C[C@@H]5N=C(c6ccc(Cl)cc6)c6c(sc(C)c6C)-n6c(C)nnc65)CC4)c3c2)n1. The molecule has 0 saturated carbocycles. The molecule has 6 aromatic rings. The Morgan fingerprint density at radius 1 is 0.966 bits per heavy atom. The summed E-state index contributed by atoms with van der Waals surface area (Å²) in [6.45, 7) is 9.89. The number of rotatable bonds is 12. The molecule has 3 aromatic heterocycles. The van der Waals surface area contributed by atoms with Crippen LogP contribution < -0.4 is 10.1 Å². The Balaban J connectivity index is 0.891. The van der Waals surface area contributed by atoms with E-state index in [1.165, 1.54) is 23.3 Å². The molecule has 59 heavy (non-hydrogen) atoms. The van der Waals surface area contributed by atoms with Crippen LogP contribution in [0, 0.1) is 20.8 Å². The highest BCUT2D eigenvalue weighted by Gasteiger charge is 2.34. The Bertz CT molecular complexity index is 2570. The van der Waals surface area contributed by atoms with E-state index in [9.17, 15) is 14.4 Å². The van der Waals surface area contributed by atoms with Gasteiger partial charge in [-0.1, -0.05) is 48.0 Å². The predicted molar refractivity (Wildman–Crippen MR) is 230 cm³/mol. The van der Waals surface area contributed by atoms with Crippen molar-refractivity contribution in [1.82, 2.24) is 34.9 Å². The average molecular weight is 851 g/mol. The zero-order valence-corrected chi connectivity index (χ0v) is 35.5. The summed E-state index contributed by atoms with van der Waals surface area (Å²) in [6.07, 6.45) is 0.252. The molecule has 3 aromatic carbocycles. The third-order valence-electron chi connectivity index (χ3n) is 10.8. The number of aliphatic imine (C=N–C) groups is 1. The molecule has 0 radical (unpaired) electrons. The number of hydrogen-bond donors (Lipinski definition) is 1. The monoisotopic (exact) mass is 850 g/mol. The molecule has 13 nitrogen and oxygen atoms in total. The quantitative estimate of drug-likeness (QED) is 0.136. The highest BCUT2D eigenvalue weighted by molar-refractivity contribution is 7.15. The van der Waals surface area contributed by atoms with Gasteiger partial charge in [0.05, 0.1) is 31.4 Å². The standard InChI is InChI=1S/C43H43ClN8O5S2/c1-25-26(2)59-43-39(25)40(29-10-12-31(44)13-11-29)47-34(41-49-48-27(3)52(41)43)22-37(54)51-16-14-50(15-17-51)18-19-57-35-7-5-6-28-8-9-30(20-33(28)35)42-46-32(24-58-42)21-36(53)45-23-38(55)56-4/h5-13,20,24,34H,14-19,21-23H2,1-4H3,(H,45,53)/t34-/m0/s1. The van der Waals surface area contributed by atoms with Gasteiger partial charge >= 0.3 is 5.97 Å². The number of benzene rings is 3. The molecule has 304 valence electrons. The van der Waals surface area contributed by atoms with E-state index in [-0.39, 0.29) is 31.2 Å². The third-order valence-corrected chi connectivity index (χ3v) is 13.1. The maximum Gasteiger partial charge on any atom is 0.325 e. The molecule has 5 heterocycles. The van der Waals surface area contributed by atoms with Gasteiger partial charge in [0.1, 0.15) is 40.8 Å². The highest BCUT2D eigenvalue weighted by atomic mass is 35.5. The van der Waals surface area contributed by atoms with E-state index in [0.29, 0.717) is 42.8 Å². The molecule has 1 atom stereocenters. The van der Waals surface area contributed by atoms with Gasteiger partial charge in [-0.05, 0) is 56.0 Å². The molecule has 1 fully saturated rings. The third kappa shape index (κ3) is 8.65. The summed E-state index contributed by atoms with van der Waals surface area (Å²) < 4.78 is 13.0. The molecule has 16 heteroatoms. The number of hydrogen-bond acceptors (Lipinski definition) is 12. The van der Waals surface area contributed by atoms with Crippen LogP contribution >= 0.6 is 34.3 Å². The topological polar surface area (TPSA) is 144 Å². The summed E-state index contributed by atoms with van der Waals surface area (Å²) in [5, 5.41) is 17.9. The summed E-state index contributed by atoms with van der Waals surface area (Å²) in [7, 11) is 1.28. The number of halogens is 1. The lowest BCUT2D eigenvalue weighted by atomic mass is 9.99. The van der Waals surface area contributed by atoms with Gasteiger partial charge < -0.3 is 19.7 Å². The first-order valence-electron chi connectivity index (χ1n) is 19.4. The van der Waals surface area contributed by atoms with E-state index < -0.39 is 12.0 Å². The summed E-state index contributed by atoms with van der Waals surface area (Å²) >= 11 is 9.43. The highest BCUT2D eigenvalue weighted by Crippen LogP contribution is 2.40. The van der Waals surface area contributed by atoms with Crippen LogP contribution in [0.5, 0.6) is 5.75 Å². The number of nitrogens with one attached hydrogen (secondary N) is 1. The number of methoxy groups -OCH3 is 1. The van der Waals surface area contributed by atoms with Gasteiger partial charge in [0.15, 0.2) is 5.82 Å². The van der Waals surface area contributed by atoms with E-state index in [0.717, 1.165) is 73.4 Å². The van der Waals surface area contributed by atoms with Crippen molar-refractivity contribution in [2.24, 2.45) is 4.99 Å². The van der Waals surface area contributed by atoms with Crippen LogP contribution in [0.3, 0.4) is 0 Å². The lowest BCUT2D eigenvalue weighted by Gasteiger charge is -2.35. The molecular weight excluding hydrogens is 808 g/mol. The van der Waals surface area contributed by atoms with E-state index in [2.05, 4.69) is 54.6 Å². The van der Waals surface area contributed by atoms with Crippen molar-refractivity contribution in [3.8, 4) is 21.3 Å². The number of nitrogens with zero attached hydrogens (tertiary/aromatic N) is 7. The Hall–Kier alpha value is -5.48. The second-order valence-corrected chi connectivity index (χ2v) is 17.0. The largest absolute Gasteiger partial charge is 0.492 e. The molecule has 0 spiro atoms. The molecule has 2 amide bonds. The fourth-order valence-corrected chi connectivity index (χ4v) is 9.58. The predicted octanol–water partition coefficient (Wildman–Crippen LogP) is 6.52. The number of amides is 2. The molecular formula is C43H43ClN8O5S2. The van der Waals surface area contributed by atoms with Gasteiger partial charge in [-0.15, -0.1) is 32.9 Å². The minimum absolute atomic E-state index is 0.0382. The van der Waals surface area contributed by atoms with Crippen molar-refractivity contribution in [1.29, 1.82) is 0 Å². The van der Waals surface area contributed by atoms with Crippen LogP contribution in [-0.4, -0.2) is 106 Å².